The number of hydrogen-bond acceptors (Lipinski definition) is 2. The van der Waals surface area contributed by atoms with Crippen molar-refractivity contribution in [2.45, 2.75) is 91.6 Å². The zero-order valence-corrected chi connectivity index (χ0v) is 14.2. The molecule has 0 bridgehead atoms. The van der Waals surface area contributed by atoms with Crippen LogP contribution in [0.25, 0.3) is 0 Å². The second-order valence-electron chi connectivity index (χ2n) is 5.82. The Balaban J connectivity index is 0. The minimum Gasteiger partial charge on any atom is -0.303 e. The third kappa shape index (κ3) is 27.3. The molecule has 1 rings (SSSR count). The molecule has 0 radical (unpaired) electrons. The van der Waals surface area contributed by atoms with Gasteiger partial charge in [-0.2, -0.15) is 0 Å². The fourth-order valence-electron chi connectivity index (χ4n) is 1.42. The number of hydrogen-bond donors (Lipinski definition) is 2. The van der Waals surface area contributed by atoms with Crippen LogP contribution in [-0.4, -0.2) is 15.4 Å². The van der Waals surface area contributed by atoms with Gasteiger partial charge in [-0.25, -0.2) is 4.57 Å². The first-order valence-electron chi connectivity index (χ1n) is 7.38. The first-order valence-corrected chi connectivity index (χ1v) is 8.91. The summed E-state index contributed by atoms with van der Waals surface area (Å²) in [5, 5.41) is 0. The van der Waals surface area contributed by atoms with Gasteiger partial charge in [-0.3, -0.25) is 4.52 Å². The molecule has 1 aliphatic carbocycles. The molecular weight excluding hydrogens is 263 g/mol. The van der Waals surface area contributed by atoms with Crippen LogP contribution in [0.3, 0.4) is 0 Å². The van der Waals surface area contributed by atoms with Crippen molar-refractivity contribution in [1.29, 1.82) is 0 Å². The van der Waals surface area contributed by atoms with E-state index in [-0.39, 0.29) is 0 Å². The molecule has 118 valence electrons. The molecule has 1 fully saturated rings. The highest BCUT2D eigenvalue weighted by Crippen LogP contribution is 2.40. The van der Waals surface area contributed by atoms with E-state index < -0.39 is 13.4 Å². The summed E-state index contributed by atoms with van der Waals surface area (Å²) >= 11 is 0. The summed E-state index contributed by atoms with van der Waals surface area (Å²) in [7, 11) is -4.29. The normalized spacial score (nSPS) is 15.7. The molecule has 0 heterocycles. The Kier molecular flexibility index (Phi) is 13.4. The van der Waals surface area contributed by atoms with Gasteiger partial charge in [0.05, 0.1) is 5.60 Å². The van der Waals surface area contributed by atoms with Crippen LogP contribution >= 0.6 is 7.82 Å². The molecule has 1 aliphatic rings. The van der Waals surface area contributed by atoms with Crippen molar-refractivity contribution in [3.8, 4) is 0 Å². The molecule has 5 heteroatoms. The third-order valence-corrected chi connectivity index (χ3v) is 3.18. The van der Waals surface area contributed by atoms with E-state index >= 15 is 0 Å². The van der Waals surface area contributed by atoms with Gasteiger partial charge in [-0.15, -0.1) is 0 Å². The number of phosphoric acid groups is 1. The van der Waals surface area contributed by atoms with Gasteiger partial charge in [-0.05, 0) is 20.8 Å². The van der Waals surface area contributed by atoms with Crippen molar-refractivity contribution in [2.75, 3.05) is 0 Å². The van der Waals surface area contributed by atoms with Gasteiger partial charge in [0.2, 0.25) is 0 Å². The standard InChI is InChI=1S/C6H12.C4H11O4P.C4H10/c1-2-4-6-5-3-1;1-4(2,3)8-9(5,6)7;1-3-4-2/h1-6H2;1-3H3,(H2,5,6,7);3-4H2,1-2H3. The fraction of sp³-hybridized carbons (Fsp3) is 1.00. The average molecular weight is 296 g/mol. The molecule has 19 heavy (non-hydrogen) atoms. The van der Waals surface area contributed by atoms with Crippen LogP contribution in [0.4, 0.5) is 0 Å². The summed E-state index contributed by atoms with van der Waals surface area (Å²) < 4.78 is 14.4. The lowest BCUT2D eigenvalue weighted by molar-refractivity contribution is 0.0810. The smallest absolute Gasteiger partial charge is 0.303 e. The van der Waals surface area contributed by atoms with Crippen molar-refractivity contribution in [2.24, 2.45) is 0 Å². The molecule has 1 saturated carbocycles. The fourth-order valence-corrected chi connectivity index (χ4v) is 2.13. The van der Waals surface area contributed by atoms with Crippen LogP contribution in [0.1, 0.15) is 86.0 Å². The van der Waals surface area contributed by atoms with Gasteiger partial charge in [0, 0.05) is 0 Å². The Morgan fingerprint density at radius 1 is 0.895 bits per heavy atom. The van der Waals surface area contributed by atoms with Gasteiger partial charge in [0.1, 0.15) is 0 Å². The third-order valence-electron chi connectivity index (χ3n) is 2.39. The minimum absolute atomic E-state index is 0.779. The zero-order chi connectivity index (χ0) is 15.4. The van der Waals surface area contributed by atoms with Gasteiger partial charge in [0.15, 0.2) is 0 Å². The van der Waals surface area contributed by atoms with Crippen LogP contribution < -0.4 is 0 Å². The molecule has 2 N–H and O–H groups in total. The lowest BCUT2D eigenvalue weighted by atomic mass is 10.0. The maximum absolute atomic E-state index is 10.1. The SMILES string of the molecule is C1CCCCC1.CC(C)(C)OP(=O)(O)O.CCCC. The Morgan fingerprint density at radius 2 is 1.16 bits per heavy atom. The van der Waals surface area contributed by atoms with E-state index in [4.69, 9.17) is 9.79 Å². The van der Waals surface area contributed by atoms with Gasteiger partial charge >= 0.3 is 7.82 Å². The minimum atomic E-state index is -4.29. The van der Waals surface area contributed by atoms with Crippen LogP contribution in [0.15, 0.2) is 0 Å². The van der Waals surface area contributed by atoms with Gasteiger partial charge in [-0.1, -0.05) is 65.2 Å². The van der Waals surface area contributed by atoms with Crippen LogP contribution in [0.5, 0.6) is 0 Å². The monoisotopic (exact) mass is 296 g/mol. The molecule has 0 aliphatic heterocycles. The molecule has 0 aromatic carbocycles. The zero-order valence-electron chi connectivity index (χ0n) is 13.3. The summed E-state index contributed by atoms with van der Waals surface area (Å²) in [6, 6.07) is 0. The van der Waals surface area contributed by atoms with Crippen molar-refractivity contribution in [3.63, 3.8) is 0 Å². The van der Waals surface area contributed by atoms with Crippen LogP contribution in [0.2, 0.25) is 0 Å². The van der Waals surface area contributed by atoms with Gasteiger partial charge in [0.25, 0.3) is 0 Å². The molecule has 0 aromatic heterocycles. The second-order valence-corrected chi connectivity index (χ2v) is 6.98. The van der Waals surface area contributed by atoms with E-state index in [1.165, 1.54) is 51.4 Å². The molecule has 4 nitrogen and oxygen atoms in total. The number of unbranched alkanes of at least 4 members (excludes halogenated alkanes) is 1. The highest BCUT2D eigenvalue weighted by atomic mass is 31.2. The second kappa shape index (κ2) is 11.9. The van der Waals surface area contributed by atoms with E-state index in [0.717, 1.165) is 0 Å². The summed E-state index contributed by atoms with van der Waals surface area (Å²) in [5.74, 6) is 0. The maximum Gasteiger partial charge on any atom is 0.470 e. The summed E-state index contributed by atoms with van der Waals surface area (Å²) in [5.41, 5.74) is -0.779. The van der Waals surface area contributed by atoms with E-state index in [1.807, 2.05) is 0 Å². The summed E-state index contributed by atoms with van der Waals surface area (Å²) in [6.07, 6.45) is 11.6. The quantitative estimate of drug-likeness (QED) is 0.700. The molecule has 0 spiro atoms. The van der Waals surface area contributed by atoms with Gasteiger partial charge < -0.3 is 9.79 Å². The van der Waals surface area contributed by atoms with Crippen molar-refractivity contribution < 1.29 is 18.9 Å². The molecule has 0 aromatic rings. The predicted octanol–water partition coefficient (Wildman–Crippen LogP) is 5.04. The molecule has 0 atom stereocenters. The summed E-state index contributed by atoms with van der Waals surface area (Å²) in [6.45, 7) is 9.09. The van der Waals surface area contributed by atoms with Crippen LogP contribution in [0, 0.1) is 0 Å². The molecule has 0 amide bonds. The van der Waals surface area contributed by atoms with Crippen molar-refractivity contribution in [3.05, 3.63) is 0 Å². The summed E-state index contributed by atoms with van der Waals surface area (Å²) in [4.78, 5) is 16.5. The highest BCUT2D eigenvalue weighted by Gasteiger charge is 2.23. The Morgan fingerprint density at radius 3 is 1.21 bits per heavy atom. The van der Waals surface area contributed by atoms with Crippen LogP contribution in [-0.2, 0) is 9.09 Å². The van der Waals surface area contributed by atoms with E-state index in [1.54, 1.807) is 20.8 Å². The first kappa shape index (κ1) is 21.4. The Bertz CT molecular complexity index is 213. The molecule has 0 saturated heterocycles. The number of phosphoric ester groups is 1. The van der Waals surface area contributed by atoms with E-state index in [9.17, 15) is 4.57 Å². The van der Waals surface area contributed by atoms with Crippen molar-refractivity contribution >= 4 is 7.82 Å². The Hall–Kier alpha value is 0.110. The average Bonchev–Trinajstić information content (AvgIpc) is 2.28. The van der Waals surface area contributed by atoms with E-state index in [2.05, 4.69) is 18.4 Å². The Labute approximate surface area is 119 Å². The predicted molar refractivity (Wildman–Crippen MR) is 81.2 cm³/mol. The molecule has 0 unspecified atom stereocenters. The van der Waals surface area contributed by atoms with Crippen molar-refractivity contribution in [1.82, 2.24) is 0 Å². The largest absolute Gasteiger partial charge is 0.470 e. The maximum atomic E-state index is 10.1. The lowest BCUT2D eigenvalue weighted by Gasteiger charge is -2.18. The van der Waals surface area contributed by atoms with E-state index in [0.29, 0.717) is 0 Å². The topological polar surface area (TPSA) is 66.8 Å². The highest BCUT2D eigenvalue weighted by molar-refractivity contribution is 7.46. The number of rotatable bonds is 2. The lowest BCUT2D eigenvalue weighted by Crippen LogP contribution is -2.16. The first-order chi connectivity index (χ1) is 8.62. The molecular formula is C14H33O4P.